The lowest BCUT2D eigenvalue weighted by atomic mass is 10.2. The van der Waals surface area contributed by atoms with E-state index >= 15 is 0 Å². The van der Waals surface area contributed by atoms with Crippen molar-refractivity contribution < 1.29 is 27.2 Å². The second-order valence-electron chi connectivity index (χ2n) is 2.06. The van der Waals surface area contributed by atoms with Gasteiger partial charge in [0.2, 0.25) is 5.82 Å². The van der Waals surface area contributed by atoms with E-state index in [0.717, 1.165) is 5.48 Å². The van der Waals surface area contributed by atoms with Crippen molar-refractivity contribution in [1.82, 2.24) is 0 Å². The molecule has 72 valence electrons. The molecule has 0 bridgehead atoms. The summed E-state index contributed by atoms with van der Waals surface area (Å²) in [7, 11) is 0. The number of nitrogens with one attached hydrogen (secondary N) is 1. The molecule has 0 spiro atoms. The molecule has 0 atom stereocenters. The molecule has 1 aromatic carbocycles. The molecular formula is C6H2F5NO. The standard InChI is InChI=1S/C6H2F5NO/c7-1-2(8)4(10)6(12-13)5(11)3(1)9/h12-13H. The van der Waals surface area contributed by atoms with Crippen molar-refractivity contribution >= 4 is 5.69 Å². The molecule has 0 saturated heterocycles. The summed E-state index contributed by atoms with van der Waals surface area (Å²) in [6.07, 6.45) is 0. The van der Waals surface area contributed by atoms with Gasteiger partial charge in [0.1, 0.15) is 5.69 Å². The van der Waals surface area contributed by atoms with Gasteiger partial charge in [0, 0.05) is 0 Å². The first-order valence-corrected chi connectivity index (χ1v) is 2.92. The van der Waals surface area contributed by atoms with Gasteiger partial charge in [-0.05, 0) is 0 Å². The van der Waals surface area contributed by atoms with Crippen molar-refractivity contribution in [3.63, 3.8) is 0 Å². The minimum Gasteiger partial charge on any atom is -0.291 e. The predicted molar refractivity (Wildman–Crippen MR) is 31.6 cm³/mol. The second-order valence-corrected chi connectivity index (χ2v) is 2.06. The maximum Gasteiger partial charge on any atom is 0.200 e. The summed E-state index contributed by atoms with van der Waals surface area (Å²) in [6.45, 7) is 0. The van der Waals surface area contributed by atoms with E-state index in [1.807, 2.05) is 0 Å². The van der Waals surface area contributed by atoms with Crippen LogP contribution in [0.1, 0.15) is 0 Å². The first-order valence-electron chi connectivity index (χ1n) is 2.92. The largest absolute Gasteiger partial charge is 0.291 e. The van der Waals surface area contributed by atoms with E-state index in [4.69, 9.17) is 5.21 Å². The fraction of sp³-hybridized carbons (Fsp3) is 0. The highest BCUT2D eigenvalue weighted by molar-refractivity contribution is 5.45. The molecule has 0 aliphatic rings. The molecule has 0 radical (unpaired) electrons. The van der Waals surface area contributed by atoms with Crippen LogP contribution in [0.25, 0.3) is 0 Å². The number of rotatable bonds is 1. The van der Waals surface area contributed by atoms with E-state index in [0.29, 0.717) is 0 Å². The van der Waals surface area contributed by atoms with Gasteiger partial charge in [-0.1, -0.05) is 0 Å². The van der Waals surface area contributed by atoms with Crippen LogP contribution in [0.3, 0.4) is 0 Å². The van der Waals surface area contributed by atoms with Gasteiger partial charge in [-0.15, -0.1) is 0 Å². The van der Waals surface area contributed by atoms with Crippen molar-refractivity contribution in [2.24, 2.45) is 0 Å². The molecule has 0 unspecified atom stereocenters. The van der Waals surface area contributed by atoms with Crippen molar-refractivity contribution in [2.45, 2.75) is 0 Å². The zero-order valence-electron chi connectivity index (χ0n) is 5.84. The second kappa shape index (κ2) is 3.17. The molecule has 1 rings (SSSR count). The van der Waals surface area contributed by atoms with Gasteiger partial charge in [-0.25, -0.2) is 22.0 Å². The molecule has 2 nitrogen and oxygen atoms in total. The molecule has 13 heavy (non-hydrogen) atoms. The van der Waals surface area contributed by atoms with Gasteiger partial charge in [0.05, 0.1) is 0 Å². The van der Waals surface area contributed by atoms with Crippen molar-refractivity contribution in [2.75, 3.05) is 5.48 Å². The van der Waals surface area contributed by atoms with Crippen LogP contribution >= 0.6 is 0 Å². The van der Waals surface area contributed by atoms with Crippen LogP contribution in [0.5, 0.6) is 0 Å². The zero-order chi connectivity index (χ0) is 10.2. The van der Waals surface area contributed by atoms with Crippen LogP contribution in [0, 0.1) is 29.1 Å². The Bertz CT molecular complexity index is 324. The highest BCUT2D eigenvalue weighted by Crippen LogP contribution is 2.26. The van der Waals surface area contributed by atoms with E-state index in [-0.39, 0.29) is 0 Å². The van der Waals surface area contributed by atoms with Gasteiger partial charge in [0.15, 0.2) is 23.3 Å². The van der Waals surface area contributed by atoms with E-state index in [1.54, 1.807) is 0 Å². The molecule has 0 amide bonds. The smallest absolute Gasteiger partial charge is 0.200 e. The lowest BCUT2D eigenvalue weighted by Crippen LogP contribution is -2.06. The summed E-state index contributed by atoms with van der Waals surface area (Å²) in [5, 5.41) is 8.05. The first-order chi connectivity index (χ1) is 6.00. The molecule has 0 fully saturated rings. The molecule has 0 heterocycles. The van der Waals surface area contributed by atoms with Gasteiger partial charge >= 0.3 is 0 Å². The molecular weight excluding hydrogens is 197 g/mol. The lowest BCUT2D eigenvalue weighted by Gasteiger charge is -2.05. The Morgan fingerprint density at radius 3 is 1.31 bits per heavy atom. The summed E-state index contributed by atoms with van der Waals surface area (Å²) in [4.78, 5) is 0. The number of anilines is 1. The summed E-state index contributed by atoms with van der Waals surface area (Å²) in [6, 6.07) is 0. The third-order valence-corrected chi connectivity index (χ3v) is 1.32. The van der Waals surface area contributed by atoms with E-state index < -0.39 is 34.8 Å². The van der Waals surface area contributed by atoms with E-state index in [9.17, 15) is 22.0 Å². The first kappa shape index (κ1) is 9.72. The van der Waals surface area contributed by atoms with Gasteiger partial charge in [-0.3, -0.25) is 10.7 Å². The average molecular weight is 199 g/mol. The monoisotopic (exact) mass is 199 g/mol. The molecule has 7 heteroatoms. The minimum atomic E-state index is -2.27. The number of benzene rings is 1. The number of halogens is 5. The average Bonchev–Trinajstić information content (AvgIpc) is 2.13. The Morgan fingerprint density at radius 2 is 1.00 bits per heavy atom. The topological polar surface area (TPSA) is 32.3 Å². The molecule has 2 N–H and O–H groups in total. The van der Waals surface area contributed by atoms with Gasteiger partial charge < -0.3 is 0 Å². The normalized spacial score (nSPS) is 10.3. The third-order valence-electron chi connectivity index (χ3n) is 1.32. The number of hydrogen-bond acceptors (Lipinski definition) is 2. The van der Waals surface area contributed by atoms with Crippen molar-refractivity contribution in [1.29, 1.82) is 0 Å². The lowest BCUT2D eigenvalue weighted by molar-refractivity contribution is 0.349. The zero-order valence-corrected chi connectivity index (χ0v) is 5.84. The highest BCUT2D eigenvalue weighted by atomic mass is 19.2. The molecule has 1 aromatic rings. The summed E-state index contributed by atoms with van der Waals surface area (Å²) in [5.41, 5.74) is -0.600. The predicted octanol–water partition coefficient (Wildman–Crippen LogP) is 2.18. The van der Waals surface area contributed by atoms with Crippen LogP contribution in [-0.2, 0) is 0 Å². The summed E-state index contributed by atoms with van der Waals surface area (Å²) < 4.78 is 61.8. The van der Waals surface area contributed by atoms with E-state index in [2.05, 4.69) is 0 Å². The Morgan fingerprint density at radius 1 is 0.692 bits per heavy atom. The molecule has 0 aliphatic carbocycles. The fourth-order valence-electron chi connectivity index (χ4n) is 0.703. The van der Waals surface area contributed by atoms with Crippen LogP contribution in [0.4, 0.5) is 27.6 Å². The Hall–Kier alpha value is -1.37. The summed E-state index contributed by atoms with van der Waals surface area (Å²) >= 11 is 0. The maximum absolute atomic E-state index is 12.5. The summed E-state index contributed by atoms with van der Waals surface area (Å²) in [5.74, 6) is -10.7. The fourth-order valence-corrected chi connectivity index (χ4v) is 0.703. The van der Waals surface area contributed by atoms with Gasteiger partial charge in [-0.2, -0.15) is 0 Å². The SMILES string of the molecule is ONc1c(F)c(F)c(F)c(F)c1F. The van der Waals surface area contributed by atoms with Crippen LogP contribution in [0.2, 0.25) is 0 Å². The van der Waals surface area contributed by atoms with Crippen molar-refractivity contribution in [3.8, 4) is 0 Å². The quantitative estimate of drug-likeness (QED) is 0.314. The maximum atomic E-state index is 12.5. The van der Waals surface area contributed by atoms with Crippen molar-refractivity contribution in [3.05, 3.63) is 29.1 Å². The van der Waals surface area contributed by atoms with Crippen LogP contribution < -0.4 is 5.48 Å². The van der Waals surface area contributed by atoms with E-state index in [1.165, 1.54) is 0 Å². The Kier molecular flexibility index (Phi) is 2.37. The Balaban J connectivity index is 3.56. The molecule has 0 saturated carbocycles. The minimum absolute atomic E-state index is 0.876. The molecule has 0 aromatic heterocycles. The van der Waals surface area contributed by atoms with Gasteiger partial charge in [0.25, 0.3) is 0 Å². The van der Waals surface area contributed by atoms with Crippen LogP contribution in [0.15, 0.2) is 0 Å². The number of hydrogen-bond donors (Lipinski definition) is 2. The highest BCUT2D eigenvalue weighted by Gasteiger charge is 2.25. The molecule has 0 aliphatic heterocycles. The third kappa shape index (κ3) is 1.31. The van der Waals surface area contributed by atoms with Crippen LogP contribution in [-0.4, -0.2) is 5.21 Å². The Labute approximate surface area is 68.6 Å².